The van der Waals surface area contributed by atoms with Crippen LogP contribution in [-0.4, -0.2) is 38.5 Å². The van der Waals surface area contributed by atoms with Crippen molar-refractivity contribution in [1.29, 1.82) is 0 Å². The van der Waals surface area contributed by atoms with Gasteiger partial charge in [-0.3, -0.25) is 4.79 Å². The molecule has 0 bridgehead atoms. The molecule has 2 aromatic carbocycles. The van der Waals surface area contributed by atoms with Gasteiger partial charge < -0.3 is 24.8 Å². The molecule has 30 heavy (non-hydrogen) atoms. The first-order valence-electron chi connectivity index (χ1n) is 9.94. The number of fused-ring (bicyclic) bond motifs is 1. The van der Waals surface area contributed by atoms with Gasteiger partial charge in [0.05, 0.1) is 11.7 Å². The van der Waals surface area contributed by atoms with E-state index in [4.69, 9.17) is 25.8 Å². The van der Waals surface area contributed by atoms with E-state index >= 15 is 0 Å². The molecule has 1 unspecified atom stereocenters. The van der Waals surface area contributed by atoms with Gasteiger partial charge in [-0.1, -0.05) is 17.7 Å². The van der Waals surface area contributed by atoms with Crippen LogP contribution >= 0.6 is 11.6 Å². The van der Waals surface area contributed by atoms with Gasteiger partial charge in [0.2, 0.25) is 12.7 Å². The molecule has 2 N–H and O–H groups in total. The van der Waals surface area contributed by atoms with Gasteiger partial charge in [0, 0.05) is 30.2 Å². The van der Waals surface area contributed by atoms with Gasteiger partial charge in [0.15, 0.2) is 11.5 Å². The molecule has 0 aromatic heterocycles. The minimum Gasteiger partial charge on any atom is -0.454 e. The first kappa shape index (κ1) is 20.9. The molecule has 2 aromatic rings. The fraction of sp³-hybridized carbons (Fsp3) is 0.409. The average Bonchev–Trinajstić information content (AvgIpc) is 3.22. The summed E-state index contributed by atoms with van der Waals surface area (Å²) in [6.07, 6.45) is 1.64. The molecule has 6 nitrogen and oxygen atoms in total. The van der Waals surface area contributed by atoms with Gasteiger partial charge >= 0.3 is 0 Å². The van der Waals surface area contributed by atoms with Gasteiger partial charge in [-0.15, -0.1) is 0 Å². The Morgan fingerprint density at radius 2 is 1.93 bits per heavy atom. The van der Waals surface area contributed by atoms with Crippen LogP contribution in [0.5, 0.6) is 11.5 Å². The maximum atomic E-state index is 14.0. The van der Waals surface area contributed by atoms with Crippen LogP contribution in [0.15, 0.2) is 36.4 Å². The van der Waals surface area contributed by atoms with Crippen LogP contribution in [0.25, 0.3) is 0 Å². The molecule has 1 amide bonds. The third-order valence-corrected chi connectivity index (χ3v) is 6.00. The minimum absolute atomic E-state index is 0.106. The zero-order valence-corrected chi connectivity index (χ0v) is 17.4. The number of benzene rings is 2. The lowest BCUT2D eigenvalue weighted by Crippen LogP contribution is -2.48. The van der Waals surface area contributed by atoms with Crippen molar-refractivity contribution < 1.29 is 23.4 Å². The minimum atomic E-state index is -0.565. The van der Waals surface area contributed by atoms with Crippen molar-refractivity contribution in [3.05, 3.63) is 52.8 Å². The number of nitrogens with one attached hydrogen (secondary N) is 2. The predicted octanol–water partition coefficient (Wildman–Crippen LogP) is 3.87. The number of ether oxygens (including phenoxy) is 3. The van der Waals surface area contributed by atoms with Gasteiger partial charge in [0.25, 0.3) is 0 Å². The van der Waals surface area contributed by atoms with Crippen molar-refractivity contribution >= 4 is 23.2 Å². The van der Waals surface area contributed by atoms with E-state index in [0.29, 0.717) is 19.8 Å². The van der Waals surface area contributed by atoms with Gasteiger partial charge in [-0.05, 0) is 55.7 Å². The van der Waals surface area contributed by atoms with E-state index in [-0.39, 0.29) is 28.8 Å². The lowest BCUT2D eigenvalue weighted by Gasteiger charge is -2.38. The SMILES string of the molecule is CC(NCC1(c2ccc3c(c2)OCO3)CCOCC1)C(=O)Nc1ccc(Cl)cc1F. The van der Waals surface area contributed by atoms with E-state index in [9.17, 15) is 9.18 Å². The van der Waals surface area contributed by atoms with Crippen molar-refractivity contribution in [3.63, 3.8) is 0 Å². The summed E-state index contributed by atoms with van der Waals surface area (Å²) in [5, 5.41) is 6.22. The molecule has 1 fully saturated rings. The Balaban J connectivity index is 1.45. The summed E-state index contributed by atoms with van der Waals surface area (Å²) < 4.78 is 30.5. The first-order chi connectivity index (χ1) is 14.5. The lowest BCUT2D eigenvalue weighted by atomic mass is 9.74. The molecule has 2 aliphatic heterocycles. The molecule has 1 saturated heterocycles. The number of halogens is 2. The van der Waals surface area contributed by atoms with Gasteiger partial charge in [-0.2, -0.15) is 0 Å². The van der Waals surface area contributed by atoms with Crippen molar-refractivity contribution in [1.82, 2.24) is 5.32 Å². The molecule has 0 radical (unpaired) electrons. The second kappa shape index (κ2) is 8.79. The number of hydrogen-bond acceptors (Lipinski definition) is 5. The molecular weight excluding hydrogens is 411 g/mol. The topological polar surface area (TPSA) is 68.8 Å². The maximum Gasteiger partial charge on any atom is 0.241 e. The average molecular weight is 435 g/mol. The molecule has 0 saturated carbocycles. The van der Waals surface area contributed by atoms with Crippen LogP contribution in [0.4, 0.5) is 10.1 Å². The highest BCUT2D eigenvalue weighted by Gasteiger charge is 2.36. The van der Waals surface area contributed by atoms with Crippen molar-refractivity contribution in [2.75, 3.05) is 31.9 Å². The Bertz CT molecular complexity index is 933. The van der Waals surface area contributed by atoms with Crippen molar-refractivity contribution in [2.45, 2.75) is 31.2 Å². The van der Waals surface area contributed by atoms with E-state index in [1.165, 1.54) is 18.2 Å². The molecule has 2 aliphatic rings. The molecule has 160 valence electrons. The van der Waals surface area contributed by atoms with E-state index < -0.39 is 11.9 Å². The van der Waals surface area contributed by atoms with E-state index in [2.05, 4.69) is 10.6 Å². The standard InChI is InChI=1S/C22H24ClFN2O4/c1-14(21(27)26-18-4-3-16(23)11-17(18)24)25-12-22(6-8-28-9-7-22)15-2-5-19-20(10-15)30-13-29-19/h2-5,10-11,14,25H,6-9,12-13H2,1H3,(H,26,27). The first-order valence-corrected chi connectivity index (χ1v) is 10.3. The Labute approximate surface area is 179 Å². The van der Waals surface area contributed by atoms with Crippen LogP contribution in [0.3, 0.4) is 0 Å². The fourth-order valence-electron chi connectivity index (χ4n) is 3.83. The number of carbonyl (C=O) groups excluding carboxylic acids is 1. The summed E-state index contributed by atoms with van der Waals surface area (Å²) in [5.74, 6) is 0.599. The molecule has 2 heterocycles. The number of amides is 1. The number of hydrogen-bond donors (Lipinski definition) is 2. The Morgan fingerprint density at radius 1 is 1.17 bits per heavy atom. The normalized spacial score (nSPS) is 18.1. The van der Waals surface area contributed by atoms with Gasteiger partial charge in [-0.25, -0.2) is 4.39 Å². The molecule has 4 rings (SSSR count). The Kier molecular flexibility index (Phi) is 6.13. The quantitative estimate of drug-likeness (QED) is 0.722. The fourth-order valence-corrected chi connectivity index (χ4v) is 3.99. The smallest absolute Gasteiger partial charge is 0.241 e. The van der Waals surface area contributed by atoms with Crippen LogP contribution < -0.4 is 20.1 Å². The third kappa shape index (κ3) is 4.38. The second-order valence-corrected chi connectivity index (χ2v) is 8.11. The summed E-state index contributed by atoms with van der Waals surface area (Å²) in [5.41, 5.74) is 1.03. The number of carbonyl (C=O) groups is 1. The molecule has 8 heteroatoms. The monoisotopic (exact) mass is 434 g/mol. The van der Waals surface area contributed by atoms with Crippen LogP contribution in [0, 0.1) is 5.82 Å². The molecule has 0 aliphatic carbocycles. The zero-order valence-electron chi connectivity index (χ0n) is 16.7. The van der Waals surface area contributed by atoms with E-state index in [1.807, 2.05) is 18.2 Å². The Morgan fingerprint density at radius 3 is 2.70 bits per heavy atom. The Hall–Kier alpha value is -2.35. The van der Waals surface area contributed by atoms with E-state index in [0.717, 1.165) is 29.9 Å². The second-order valence-electron chi connectivity index (χ2n) is 7.68. The summed E-state index contributed by atoms with van der Waals surface area (Å²) >= 11 is 5.77. The highest BCUT2D eigenvalue weighted by molar-refractivity contribution is 6.30. The van der Waals surface area contributed by atoms with Crippen LogP contribution in [0.1, 0.15) is 25.3 Å². The molecule has 1 atom stereocenters. The van der Waals surface area contributed by atoms with E-state index in [1.54, 1.807) is 6.92 Å². The maximum absolute atomic E-state index is 14.0. The van der Waals surface area contributed by atoms with Crippen LogP contribution in [0.2, 0.25) is 5.02 Å². The third-order valence-electron chi connectivity index (χ3n) is 5.76. The summed E-state index contributed by atoms with van der Waals surface area (Å²) in [7, 11) is 0. The summed E-state index contributed by atoms with van der Waals surface area (Å²) in [6, 6.07) is 9.63. The summed E-state index contributed by atoms with van der Waals surface area (Å²) in [4.78, 5) is 12.6. The van der Waals surface area contributed by atoms with Gasteiger partial charge in [0.1, 0.15) is 5.82 Å². The van der Waals surface area contributed by atoms with Crippen LogP contribution in [-0.2, 0) is 14.9 Å². The number of rotatable bonds is 6. The largest absolute Gasteiger partial charge is 0.454 e. The molecular formula is C22H24ClFN2O4. The van der Waals surface area contributed by atoms with Crippen molar-refractivity contribution in [3.8, 4) is 11.5 Å². The lowest BCUT2D eigenvalue weighted by molar-refractivity contribution is -0.117. The summed E-state index contributed by atoms with van der Waals surface area (Å²) in [6.45, 7) is 3.86. The highest BCUT2D eigenvalue weighted by atomic mass is 35.5. The molecule has 0 spiro atoms. The zero-order chi connectivity index (χ0) is 21.1. The van der Waals surface area contributed by atoms with Crippen molar-refractivity contribution in [2.24, 2.45) is 0 Å². The predicted molar refractivity (Wildman–Crippen MR) is 112 cm³/mol. The number of anilines is 1. The highest BCUT2D eigenvalue weighted by Crippen LogP contribution is 2.40.